The number of halogens is 1. The van der Waals surface area contributed by atoms with Crippen molar-refractivity contribution in [2.75, 3.05) is 11.2 Å². The molecule has 0 spiro atoms. The SMILES string of the molecule is C=C(/C=C\CCl)c1cn(CC)c(N/C=C\C)c1C(C)=NC(=O)c1ccc(C)cc1. The summed E-state index contributed by atoms with van der Waals surface area (Å²) in [6, 6.07) is 7.42. The maximum absolute atomic E-state index is 12.7. The second-order valence-corrected chi connectivity index (χ2v) is 6.96. The first-order chi connectivity index (χ1) is 13.9. The van der Waals surface area contributed by atoms with E-state index >= 15 is 0 Å². The van der Waals surface area contributed by atoms with E-state index in [1.807, 2.05) is 63.5 Å². The molecule has 0 unspecified atom stereocenters. The molecular weight excluding hydrogens is 382 g/mol. The summed E-state index contributed by atoms with van der Waals surface area (Å²) < 4.78 is 2.08. The molecule has 1 heterocycles. The van der Waals surface area contributed by atoms with E-state index in [9.17, 15) is 4.79 Å². The predicted molar refractivity (Wildman–Crippen MR) is 125 cm³/mol. The van der Waals surface area contributed by atoms with Gasteiger partial charge in [0.2, 0.25) is 0 Å². The zero-order valence-electron chi connectivity index (χ0n) is 17.5. The summed E-state index contributed by atoms with van der Waals surface area (Å²) in [6.07, 6.45) is 9.54. The van der Waals surface area contributed by atoms with Gasteiger partial charge >= 0.3 is 0 Å². The number of carbonyl (C=O) groups excluding carboxylic acids is 1. The second-order valence-electron chi connectivity index (χ2n) is 6.65. The van der Waals surface area contributed by atoms with Gasteiger partial charge in [-0.2, -0.15) is 0 Å². The maximum atomic E-state index is 12.7. The minimum Gasteiger partial charge on any atom is -0.348 e. The van der Waals surface area contributed by atoms with Gasteiger partial charge in [0.1, 0.15) is 5.82 Å². The fraction of sp³-hybridized carbons (Fsp3) is 0.250. The van der Waals surface area contributed by atoms with Gasteiger partial charge in [-0.05, 0) is 51.6 Å². The van der Waals surface area contributed by atoms with Crippen LogP contribution in [0.3, 0.4) is 0 Å². The third-order valence-corrected chi connectivity index (χ3v) is 4.67. The van der Waals surface area contributed by atoms with Crippen LogP contribution in [0.4, 0.5) is 5.82 Å². The Balaban J connectivity index is 2.57. The highest BCUT2D eigenvalue weighted by atomic mass is 35.5. The van der Waals surface area contributed by atoms with E-state index in [2.05, 4.69) is 28.4 Å². The molecule has 2 aromatic rings. The van der Waals surface area contributed by atoms with Crippen LogP contribution in [0, 0.1) is 6.92 Å². The van der Waals surface area contributed by atoms with Crippen molar-refractivity contribution < 1.29 is 4.79 Å². The van der Waals surface area contributed by atoms with Crippen molar-refractivity contribution in [3.63, 3.8) is 0 Å². The van der Waals surface area contributed by atoms with Crippen molar-refractivity contribution >= 4 is 34.6 Å². The number of aliphatic imine (C=N–C) groups is 1. The van der Waals surface area contributed by atoms with Crippen molar-refractivity contribution in [1.82, 2.24) is 4.57 Å². The molecule has 2 rings (SSSR count). The lowest BCUT2D eigenvalue weighted by molar-refractivity contribution is 0.100. The van der Waals surface area contributed by atoms with Crippen LogP contribution in [-0.2, 0) is 6.54 Å². The van der Waals surface area contributed by atoms with Gasteiger partial charge in [0.05, 0.1) is 5.71 Å². The summed E-state index contributed by atoms with van der Waals surface area (Å²) in [7, 11) is 0. The zero-order valence-corrected chi connectivity index (χ0v) is 18.3. The zero-order chi connectivity index (χ0) is 21.4. The number of rotatable bonds is 8. The summed E-state index contributed by atoms with van der Waals surface area (Å²) in [6.45, 7) is 12.8. The number of nitrogens with zero attached hydrogens (tertiary/aromatic N) is 2. The Labute approximate surface area is 178 Å². The van der Waals surface area contributed by atoms with Crippen LogP contribution >= 0.6 is 11.6 Å². The number of nitrogens with one attached hydrogen (secondary N) is 1. The van der Waals surface area contributed by atoms with Gasteiger partial charge in [-0.3, -0.25) is 4.79 Å². The second kappa shape index (κ2) is 10.6. The number of anilines is 1. The molecule has 0 aliphatic carbocycles. The number of hydrogen-bond acceptors (Lipinski definition) is 2. The lowest BCUT2D eigenvalue weighted by Crippen LogP contribution is -2.07. The van der Waals surface area contributed by atoms with Crippen molar-refractivity contribution in [1.29, 1.82) is 0 Å². The molecule has 0 fully saturated rings. The fourth-order valence-corrected chi connectivity index (χ4v) is 3.07. The highest BCUT2D eigenvalue weighted by Crippen LogP contribution is 2.30. The number of hydrogen-bond donors (Lipinski definition) is 1. The third kappa shape index (κ3) is 5.58. The van der Waals surface area contributed by atoms with Crippen LogP contribution in [-0.4, -0.2) is 22.1 Å². The maximum Gasteiger partial charge on any atom is 0.277 e. The van der Waals surface area contributed by atoms with Crippen LogP contribution in [0.25, 0.3) is 5.57 Å². The van der Waals surface area contributed by atoms with Gasteiger partial charge < -0.3 is 9.88 Å². The van der Waals surface area contributed by atoms with Crippen LogP contribution in [0.15, 0.2) is 66.5 Å². The molecule has 0 saturated heterocycles. The molecule has 5 heteroatoms. The average Bonchev–Trinajstić information content (AvgIpc) is 3.09. The molecular formula is C24H28ClN3O. The molecule has 29 heavy (non-hydrogen) atoms. The van der Waals surface area contributed by atoms with Crippen molar-refractivity contribution in [3.8, 4) is 0 Å². The predicted octanol–water partition coefficient (Wildman–Crippen LogP) is 6.22. The molecule has 1 aromatic heterocycles. The summed E-state index contributed by atoms with van der Waals surface area (Å²) in [4.78, 5) is 17.1. The van der Waals surface area contributed by atoms with E-state index in [1.165, 1.54) is 0 Å². The Morgan fingerprint density at radius 1 is 1.31 bits per heavy atom. The van der Waals surface area contributed by atoms with Crippen LogP contribution in [0.2, 0.25) is 0 Å². The monoisotopic (exact) mass is 409 g/mol. The smallest absolute Gasteiger partial charge is 0.277 e. The van der Waals surface area contributed by atoms with Gasteiger partial charge in [-0.15, -0.1) is 11.6 Å². The minimum absolute atomic E-state index is 0.267. The first kappa shape index (κ1) is 22.4. The van der Waals surface area contributed by atoms with E-state index in [0.29, 0.717) is 17.2 Å². The minimum atomic E-state index is -0.267. The Bertz CT molecular complexity index is 963. The molecule has 0 aliphatic rings. The molecule has 4 nitrogen and oxygen atoms in total. The molecule has 0 saturated carbocycles. The quantitative estimate of drug-likeness (QED) is 0.319. The average molecular weight is 410 g/mol. The molecule has 0 aliphatic heterocycles. The highest BCUT2D eigenvalue weighted by molar-refractivity contribution is 6.19. The fourth-order valence-electron chi connectivity index (χ4n) is 2.98. The Morgan fingerprint density at radius 2 is 2.00 bits per heavy atom. The number of allylic oxidation sites excluding steroid dienone is 4. The topological polar surface area (TPSA) is 46.4 Å². The van der Waals surface area contributed by atoms with Crippen molar-refractivity contribution in [3.05, 3.63) is 83.7 Å². The van der Waals surface area contributed by atoms with Crippen LogP contribution in [0.1, 0.15) is 47.8 Å². The summed E-state index contributed by atoms with van der Waals surface area (Å²) in [5, 5.41) is 3.31. The van der Waals surface area contributed by atoms with Gasteiger partial charge in [0.25, 0.3) is 5.91 Å². The summed E-state index contributed by atoms with van der Waals surface area (Å²) in [5.41, 5.74) is 4.88. The molecule has 1 aromatic carbocycles. The van der Waals surface area contributed by atoms with Gasteiger partial charge in [0, 0.05) is 35.3 Å². The number of amides is 1. The van der Waals surface area contributed by atoms with E-state index in [0.717, 1.165) is 34.6 Å². The Hall–Kier alpha value is -2.85. The largest absolute Gasteiger partial charge is 0.348 e. The standard InChI is InChI=1S/C24H28ClN3O/c1-6-15-26-23-22(21(16-28(23)7-2)18(4)9-8-14-25)19(5)27-24(29)20-12-10-17(3)11-13-20/h6,8-13,15-16,26H,4,7,14H2,1-3,5H3/b9-8-,15-6-,27-19?. The highest BCUT2D eigenvalue weighted by Gasteiger charge is 2.19. The molecule has 1 amide bonds. The van der Waals surface area contributed by atoms with Gasteiger partial charge in [-0.25, -0.2) is 4.99 Å². The molecule has 152 valence electrons. The number of alkyl halides is 1. The lowest BCUT2D eigenvalue weighted by atomic mass is 10.0. The number of benzene rings is 1. The van der Waals surface area contributed by atoms with Gasteiger partial charge in [-0.1, -0.05) is 42.5 Å². The summed E-state index contributed by atoms with van der Waals surface area (Å²) in [5.74, 6) is 1.02. The number of aryl methyl sites for hydroxylation is 2. The lowest BCUT2D eigenvalue weighted by Gasteiger charge is -2.10. The van der Waals surface area contributed by atoms with Crippen molar-refractivity contribution in [2.24, 2.45) is 4.99 Å². The summed E-state index contributed by atoms with van der Waals surface area (Å²) >= 11 is 5.79. The molecule has 0 atom stereocenters. The van der Waals surface area contributed by atoms with E-state index in [4.69, 9.17) is 11.6 Å². The molecule has 0 radical (unpaired) electrons. The molecule has 0 bridgehead atoms. The normalized spacial score (nSPS) is 12.1. The first-order valence-corrected chi connectivity index (χ1v) is 10.2. The molecule has 1 N–H and O–H groups in total. The van der Waals surface area contributed by atoms with Crippen LogP contribution < -0.4 is 5.32 Å². The Kier molecular flexibility index (Phi) is 8.22. The van der Waals surface area contributed by atoms with E-state index in [-0.39, 0.29) is 5.91 Å². The van der Waals surface area contributed by atoms with E-state index in [1.54, 1.807) is 12.1 Å². The van der Waals surface area contributed by atoms with Gasteiger partial charge in [0.15, 0.2) is 0 Å². The number of carbonyl (C=O) groups is 1. The van der Waals surface area contributed by atoms with Crippen LogP contribution in [0.5, 0.6) is 0 Å². The third-order valence-electron chi connectivity index (χ3n) is 4.49. The number of aromatic nitrogens is 1. The first-order valence-electron chi connectivity index (χ1n) is 9.62. The Morgan fingerprint density at radius 3 is 2.59 bits per heavy atom. The van der Waals surface area contributed by atoms with Crippen molar-refractivity contribution in [2.45, 2.75) is 34.2 Å². The van der Waals surface area contributed by atoms with E-state index < -0.39 is 0 Å².